The predicted molar refractivity (Wildman–Crippen MR) is 88.1 cm³/mol. The number of aliphatic carboxylic acids is 1. The van der Waals surface area contributed by atoms with Crippen LogP contribution in [0.15, 0.2) is 16.6 Å². The third kappa shape index (κ3) is 3.44. The van der Waals surface area contributed by atoms with E-state index in [1.807, 2.05) is 6.92 Å². The number of carbonyl (C=O) groups excluding carboxylic acids is 1. The largest absolute Gasteiger partial charge is 0.493 e. The highest BCUT2D eigenvalue weighted by molar-refractivity contribution is 9.10. The van der Waals surface area contributed by atoms with E-state index in [0.717, 1.165) is 0 Å². The average Bonchev–Trinajstić information content (AvgIpc) is 2.92. The Kier molecular flexibility index (Phi) is 5.19. The first-order valence-electron chi connectivity index (χ1n) is 7.35. The Morgan fingerprint density at radius 1 is 1.43 bits per heavy atom. The number of methoxy groups -OCH3 is 1. The molecule has 1 aliphatic rings. The fraction of sp³-hybridized carbons (Fsp3) is 0.500. The third-order valence-electron chi connectivity index (χ3n) is 4.04. The summed E-state index contributed by atoms with van der Waals surface area (Å²) < 4.78 is 11.4. The number of halogens is 1. The van der Waals surface area contributed by atoms with Gasteiger partial charge in [0.15, 0.2) is 11.5 Å². The van der Waals surface area contributed by atoms with Gasteiger partial charge in [-0.05, 0) is 48.3 Å². The lowest BCUT2D eigenvalue weighted by Crippen LogP contribution is -2.34. The van der Waals surface area contributed by atoms with Crippen molar-refractivity contribution >= 4 is 27.8 Å². The second kappa shape index (κ2) is 6.78. The first kappa shape index (κ1) is 17.6. The van der Waals surface area contributed by atoms with Crippen molar-refractivity contribution < 1.29 is 24.2 Å². The Labute approximate surface area is 143 Å². The van der Waals surface area contributed by atoms with Gasteiger partial charge in [-0.25, -0.2) is 0 Å². The molecule has 1 saturated heterocycles. The van der Waals surface area contributed by atoms with Gasteiger partial charge in [-0.1, -0.05) is 0 Å². The number of rotatable bonds is 5. The van der Waals surface area contributed by atoms with E-state index in [0.29, 0.717) is 41.1 Å². The first-order chi connectivity index (χ1) is 10.8. The van der Waals surface area contributed by atoms with Gasteiger partial charge in [-0.3, -0.25) is 9.59 Å². The second-order valence-electron chi connectivity index (χ2n) is 5.76. The van der Waals surface area contributed by atoms with Crippen molar-refractivity contribution in [1.82, 2.24) is 4.90 Å². The fourth-order valence-corrected chi connectivity index (χ4v) is 3.18. The highest BCUT2D eigenvalue weighted by Gasteiger charge is 2.42. The minimum absolute atomic E-state index is 0.203. The quantitative estimate of drug-likeness (QED) is 0.842. The minimum atomic E-state index is -0.887. The molecule has 1 amide bonds. The molecule has 2 rings (SSSR count). The summed E-state index contributed by atoms with van der Waals surface area (Å²) >= 11 is 3.39. The summed E-state index contributed by atoms with van der Waals surface area (Å²) in [4.78, 5) is 25.5. The van der Waals surface area contributed by atoms with Crippen molar-refractivity contribution in [2.45, 2.75) is 20.3 Å². The topological polar surface area (TPSA) is 76.1 Å². The SMILES string of the molecule is CCOc1c(Br)cc(C(=O)N2CC[C@](C)(C(=O)O)C2)cc1OC. The Morgan fingerprint density at radius 3 is 2.65 bits per heavy atom. The van der Waals surface area contributed by atoms with Gasteiger partial charge in [0.1, 0.15) is 0 Å². The molecule has 1 N–H and O–H groups in total. The molecule has 1 aromatic carbocycles. The smallest absolute Gasteiger partial charge is 0.311 e. The molecule has 126 valence electrons. The molecular weight excluding hydrogens is 366 g/mol. The number of carbonyl (C=O) groups is 2. The lowest BCUT2D eigenvalue weighted by molar-refractivity contribution is -0.147. The predicted octanol–water partition coefficient (Wildman–Crippen LogP) is 2.79. The van der Waals surface area contributed by atoms with Crippen LogP contribution in [0, 0.1) is 5.41 Å². The first-order valence-corrected chi connectivity index (χ1v) is 8.14. The number of likely N-dealkylation sites (tertiary alicyclic amines) is 1. The van der Waals surface area contributed by atoms with Gasteiger partial charge >= 0.3 is 5.97 Å². The number of nitrogens with zero attached hydrogens (tertiary/aromatic N) is 1. The van der Waals surface area contributed by atoms with Crippen LogP contribution in [0.5, 0.6) is 11.5 Å². The van der Waals surface area contributed by atoms with Crippen molar-refractivity contribution in [1.29, 1.82) is 0 Å². The number of benzene rings is 1. The molecule has 6 nitrogen and oxygen atoms in total. The van der Waals surface area contributed by atoms with E-state index >= 15 is 0 Å². The molecule has 1 heterocycles. The molecule has 7 heteroatoms. The van der Waals surface area contributed by atoms with E-state index in [1.54, 1.807) is 24.0 Å². The van der Waals surface area contributed by atoms with Gasteiger partial charge in [0.05, 0.1) is 23.6 Å². The Bertz CT molecular complexity index is 633. The maximum atomic E-state index is 12.7. The van der Waals surface area contributed by atoms with E-state index in [-0.39, 0.29) is 12.5 Å². The zero-order valence-electron chi connectivity index (χ0n) is 13.4. The molecule has 1 aliphatic heterocycles. The summed E-state index contributed by atoms with van der Waals surface area (Å²) in [6.07, 6.45) is 0.448. The number of amides is 1. The third-order valence-corrected chi connectivity index (χ3v) is 4.63. The zero-order valence-corrected chi connectivity index (χ0v) is 15.0. The van der Waals surface area contributed by atoms with Gasteiger partial charge in [0.2, 0.25) is 0 Å². The summed E-state index contributed by atoms with van der Waals surface area (Å²) in [6, 6.07) is 3.29. The summed E-state index contributed by atoms with van der Waals surface area (Å²) in [5.41, 5.74) is -0.450. The summed E-state index contributed by atoms with van der Waals surface area (Å²) in [5.74, 6) is -0.0802. The van der Waals surface area contributed by atoms with Crippen LogP contribution in [0.3, 0.4) is 0 Å². The van der Waals surface area contributed by atoms with Gasteiger partial charge in [0, 0.05) is 18.7 Å². The van der Waals surface area contributed by atoms with E-state index in [1.165, 1.54) is 7.11 Å². The Balaban J connectivity index is 2.27. The van der Waals surface area contributed by atoms with Gasteiger partial charge in [-0.2, -0.15) is 0 Å². The molecule has 0 bridgehead atoms. The van der Waals surface area contributed by atoms with Gasteiger partial charge in [-0.15, -0.1) is 0 Å². The highest BCUT2D eigenvalue weighted by atomic mass is 79.9. The van der Waals surface area contributed by atoms with Crippen LogP contribution in [-0.2, 0) is 4.79 Å². The van der Waals surface area contributed by atoms with Crippen molar-refractivity contribution in [3.05, 3.63) is 22.2 Å². The molecule has 0 aliphatic carbocycles. The molecule has 0 unspecified atom stereocenters. The fourth-order valence-electron chi connectivity index (χ4n) is 2.62. The lowest BCUT2D eigenvalue weighted by Gasteiger charge is -2.21. The van der Waals surface area contributed by atoms with Crippen LogP contribution in [0.4, 0.5) is 0 Å². The number of carboxylic acid groups (broad SMARTS) is 1. The van der Waals surface area contributed by atoms with Crippen LogP contribution < -0.4 is 9.47 Å². The van der Waals surface area contributed by atoms with Gasteiger partial charge < -0.3 is 19.5 Å². The molecule has 1 aromatic rings. The number of hydrogen-bond acceptors (Lipinski definition) is 4. The monoisotopic (exact) mass is 385 g/mol. The van der Waals surface area contributed by atoms with E-state index < -0.39 is 11.4 Å². The van der Waals surface area contributed by atoms with Crippen LogP contribution in [-0.4, -0.2) is 48.7 Å². The van der Waals surface area contributed by atoms with E-state index in [9.17, 15) is 14.7 Å². The van der Waals surface area contributed by atoms with E-state index in [2.05, 4.69) is 15.9 Å². The second-order valence-corrected chi connectivity index (χ2v) is 6.62. The molecule has 1 fully saturated rings. The molecule has 0 spiro atoms. The van der Waals surface area contributed by atoms with Crippen LogP contribution in [0.2, 0.25) is 0 Å². The number of ether oxygens (including phenoxy) is 2. The van der Waals surface area contributed by atoms with Crippen LogP contribution in [0.1, 0.15) is 30.6 Å². The lowest BCUT2D eigenvalue weighted by atomic mass is 9.90. The molecular formula is C16H20BrNO5. The Hall–Kier alpha value is -1.76. The number of carboxylic acids is 1. The Morgan fingerprint density at radius 2 is 2.13 bits per heavy atom. The zero-order chi connectivity index (χ0) is 17.2. The maximum Gasteiger partial charge on any atom is 0.311 e. The minimum Gasteiger partial charge on any atom is -0.493 e. The maximum absolute atomic E-state index is 12.7. The normalized spacial score (nSPS) is 20.4. The van der Waals surface area contributed by atoms with Crippen molar-refractivity contribution in [3.63, 3.8) is 0 Å². The summed E-state index contributed by atoms with van der Waals surface area (Å²) in [6.45, 7) is 4.63. The molecule has 0 radical (unpaired) electrons. The average molecular weight is 386 g/mol. The van der Waals surface area contributed by atoms with E-state index in [4.69, 9.17) is 9.47 Å². The van der Waals surface area contributed by atoms with Crippen LogP contribution >= 0.6 is 15.9 Å². The highest BCUT2D eigenvalue weighted by Crippen LogP contribution is 2.38. The molecule has 0 saturated carbocycles. The van der Waals surface area contributed by atoms with Crippen molar-refractivity contribution in [2.24, 2.45) is 5.41 Å². The molecule has 0 aromatic heterocycles. The van der Waals surface area contributed by atoms with Crippen LogP contribution in [0.25, 0.3) is 0 Å². The van der Waals surface area contributed by atoms with Gasteiger partial charge in [0.25, 0.3) is 5.91 Å². The molecule has 23 heavy (non-hydrogen) atoms. The summed E-state index contributed by atoms with van der Waals surface area (Å²) in [5, 5.41) is 9.28. The van der Waals surface area contributed by atoms with Crippen molar-refractivity contribution in [3.8, 4) is 11.5 Å². The standard InChI is InChI=1S/C16H20BrNO5/c1-4-23-13-11(17)7-10(8-12(13)22-3)14(19)18-6-5-16(2,9-18)15(20)21/h7-8H,4-6,9H2,1-3H3,(H,20,21)/t16-/m0/s1. The van der Waals surface area contributed by atoms with Crippen molar-refractivity contribution in [2.75, 3.05) is 26.8 Å². The number of hydrogen-bond donors (Lipinski definition) is 1. The summed E-state index contributed by atoms with van der Waals surface area (Å²) in [7, 11) is 1.51. The molecule has 1 atom stereocenters.